The van der Waals surface area contributed by atoms with E-state index in [0.717, 1.165) is 5.69 Å². The molecule has 0 aromatic heterocycles. The van der Waals surface area contributed by atoms with Crippen molar-refractivity contribution in [1.29, 1.82) is 0 Å². The predicted molar refractivity (Wildman–Crippen MR) is 95.2 cm³/mol. The summed E-state index contributed by atoms with van der Waals surface area (Å²) in [5.41, 5.74) is 0.244. The second-order valence-electron chi connectivity index (χ2n) is 7.12. The molecule has 1 amide bonds. The molecule has 1 atom stereocenters. The van der Waals surface area contributed by atoms with Crippen molar-refractivity contribution in [2.24, 2.45) is 0 Å². The number of piperazine rings is 1. The molecule has 0 radical (unpaired) electrons. The van der Waals surface area contributed by atoms with Crippen molar-refractivity contribution < 1.29 is 19.2 Å². The fourth-order valence-electron chi connectivity index (χ4n) is 3.02. The van der Waals surface area contributed by atoms with Gasteiger partial charge in [0, 0.05) is 25.7 Å². The molecule has 0 bridgehead atoms. The van der Waals surface area contributed by atoms with Gasteiger partial charge in [-0.2, -0.15) is 0 Å². The minimum atomic E-state index is -0.536. The fraction of sp³-hybridized carbons (Fsp3) is 0.562. The van der Waals surface area contributed by atoms with Crippen LogP contribution in [0, 0.1) is 10.1 Å². The van der Waals surface area contributed by atoms with Crippen LogP contribution in [0.15, 0.2) is 16.6 Å². The number of rotatable bonds is 1. The molecule has 1 unspecified atom stereocenters. The first-order valence-corrected chi connectivity index (χ1v) is 8.80. The molecule has 2 aliphatic heterocycles. The largest absolute Gasteiger partial charge is 0.489 e. The third-order valence-electron chi connectivity index (χ3n) is 4.08. The molecule has 1 aromatic rings. The van der Waals surface area contributed by atoms with Gasteiger partial charge in [-0.1, -0.05) is 0 Å². The highest BCUT2D eigenvalue weighted by molar-refractivity contribution is 9.10. The Morgan fingerprint density at radius 2 is 2.12 bits per heavy atom. The van der Waals surface area contributed by atoms with Crippen LogP contribution in [-0.2, 0) is 4.74 Å². The van der Waals surface area contributed by atoms with Gasteiger partial charge in [0.1, 0.15) is 12.2 Å². The van der Waals surface area contributed by atoms with Gasteiger partial charge >= 0.3 is 6.09 Å². The Morgan fingerprint density at radius 1 is 1.40 bits per heavy atom. The quantitative estimate of drug-likeness (QED) is 0.519. The summed E-state index contributed by atoms with van der Waals surface area (Å²) in [6.45, 7) is 7.49. The Hall–Kier alpha value is -2.03. The van der Waals surface area contributed by atoms with Crippen molar-refractivity contribution in [2.75, 3.05) is 31.1 Å². The van der Waals surface area contributed by atoms with E-state index >= 15 is 0 Å². The summed E-state index contributed by atoms with van der Waals surface area (Å²) in [7, 11) is 0. The molecular weight excluding hydrogens is 394 g/mol. The third kappa shape index (κ3) is 3.65. The average molecular weight is 414 g/mol. The van der Waals surface area contributed by atoms with Crippen molar-refractivity contribution >= 4 is 33.4 Å². The Balaban J connectivity index is 1.79. The number of ether oxygens (including phenoxy) is 2. The van der Waals surface area contributed by atoms with Crippen molar-refractivity contribution in [1.82, 2.24) is 4.90 Å². The highest BCUT2D eigenvalue weighted by atomic mass is 79.9. The van der Waals surface area contributed by atoms with Crippen LogP contribution in [0.1, 0.15) is 20.8 Å². The van der Waals surface area contributed by atoms with Crippen LogP contribution in [-0.4, -0.2) is 53.8 Å². The molecule has 2 heterocycles. The number of nitrogens with zero attached hydrogens (tertiary/aromatic N) is 3. The second kappa shape index (κ2) is 6.36. The molecule has 9 heteroatoms. The van der Waals surface area contributed by atoms with Gasteiger partial charge in [0.15, 0.2) is 5.75 Å². The number of non-ortho nitro benzene ring substituents is 1. The Bertz CT molecular complexity index is 718. The molecule has 3 rings (SSSR count). The number of halogens is 1. The van der Waals surface area contributed by atoms with E-state index in [0.29, 0.717) is 36.5 Å². The smallest absolute Gasteiger partial charge is 0.410 e. The molecule has 136 valence electrons. The first-order chi connectivity index (χ1) is 11.7. The van der Waals surface area contributed by atoms with Crippen LogP contribution in [0.5, 0.6) is 5.75 Å². The molecule has 1 fully saturated rings. The summed E-state index contributed by atoms with van der Waals surface area (Å²) in [6.07, 6.45) is -0.333. The van der Waals surface area contributed by atoms with E-state index in [2.05, 4.69) is 20.8 Å². The standard InChI is InChI=1S/C16H20BrN3O5/c1-16(2,3)25-15(21)18-4-5-19-11(8-18)9-24-13-7-10(20(22)23)6-12(17)14(13)19/h6-7,11H,4-5,8-9H2,1-3H3. The Kier molecular flexibility index (Phi) is 4.52. The molecule has 2 aliphatic rings. The molecule has 25 heavy (non-hydrogen) atoms. The number of amides is 1. The lowest BCUT2D eigenvalue weighted by Gasteiger charge is -2.45. The number of hydrogen-bond acceptors (Lipinski definition) is 6. The minimum absolute atomic E-state index is 0.0172. The molecule has 8 nitrogen and oxygen atoms in total. The topological polar surface area (TPSA) is 85.2 Å². The third-order valence-corrected chi connectivity index (χ3v) is 4.68. The molecule has 1 saturated heterocycles. The van der Waals surface area contributed by atoms with Gasteiger partial charge < -0.3 is 19.3 Å². The molecule has 0 N–H and O–H groups in total. The van der Waals surface area contributed by atoms with Gasteiger partial charge in [0.25, 0.3) is 5.69 Å². The fourth-order valence-corrected chi connectivity index (χ4v) is 3.68. The molecule has 0 spiro atoms. The zero-order valence-electron chi connectivity index (χ0n) is 14.3. The van der Waals surface area contributed by atoms with Crippen LogP contribution in [0.2, 0.25) is 0 Å². The summed E-state index contributed by atoms with van der Waals surface area (Å²) in [4.78, 5) is 26.7. The van der Waals surface area contributed by atoms with E-state index in [9.17, 15) is 14.9 Å². The van der Waals surface area contributed by atoms with Crippen molar-refractivity contribution in [3.05, 3.63) is 26.7 Å². The maximum Gasteiger partial charge on any atom is 0.410 e. The van der Waals surface area contributed by atoms with Crippen LogP contribution < -0.4 is 9.64 Å². The van der Waals surface area contributed by atoms with Gasteiger partial charge in [-0.25, -0.2) is 4.79 Å². The van der Waals surface area contributed by atoms with E-state index in [1.54, 1.807) is 4.90 Å². The first-order valence-electron chi connectivity index (χ1n) is 8.01. The lowest BCUT2D eigenvalue weighted by Crippen LogP contribution is -2.59. The van der Waals surface area contributed by atoms with Crippen LogP contribution >= 0.6 is 15.9 Å². The average Bonchev–Trinajstić information content (AvgIpc) is 2.51. The Morgan fingerprint density at radius 3 is 2.76 bits per heavy atom. The van der Waals surface area contributed by atoms with E-state index in [4.69, 9.17) is 9.47 Å². The number of fused-ring (bicyclic) bond motifs is 3. The van der Waals surface area contributed by atoms with Crippen molar-refractivity contribution in [3.8, 4) is 5.75 Å². The van der Waals surface area contributed by atoms with E-state index in [-0.39, 0.29) is 17.8 Å². The zero-order chi connectivity index (χ0) is 18.4. The highest BCUT2D eigenvalue weighted by Gasteiger charge is 2.37. The van der Waals surface area contributed by atoms with Gasteiger partial charge in [0.05, 0.1) is 27.2 Å². The zero-order valence-corrected chi connectivity index (χ0v) is 15.9. The summed E-state index contributed by atoms with van der Waals surface area (Å²) >= 11 is 3.42. The number of nitro benzene ring substituents is 1. The van der Waals surface area contributed by atoms with Crippen LogP contribution in [0.25, 0.3) is 0 Å². The van der Waals surface area contributed by atoms with Gasteiger partial charge in [-0.15, -0.1) is 0 Å². The number of nitro groups is 1. The summed E-state index contributed by atoms with van der Waals surface area (Å²) in [5.74, 6) is 0.489. The molecule has 0 saturated carbocycles. The highest BCUT2D eigenvalue weighted by Crippen LogP contribution is 2.43. The van der Waals surface area contributed by atoms with Crippen molar-refractivity contribution in [3.63, 3.8) is 0 Å². The summed E-state index contributed by atoms with van der Waals surface area (Å²) in [5, 5.41) is 11.0. The summed E-state index contributed by atoms with van der Waals surface area (Å²) < 4.78 is 11.8. The van der Waals surface area contributed by atoms with E-state index in [1.807, 2.05) is 20.8 Å². The lowest BCUT2D eigenvalue weighted by atomic mass is 10.1. The monoisotopic (exact) mass is 413 g/mol. The molecular formula is C16H20BrN3O5. The van der Waals surface area contributed by atoms with Crippen LogP contribution in [0.3, 0.4) is 0 Å². The molecule has 0 aliphatic carbocycles. The SMILES string of the molecule is CC(C)(C)OC(=O)N1CCN2c3c(Br)cc([N+](=O)[O-])cc3OCC2C1. The number of benzene rings is 1. The number of hydrogen-bond donors (Lipinski definition) is 0. The van der Waals surface area contributed by atoms with Gasteiger partial charge in [-0.3, -0.25) is 10.1 Å². The molecule has 1 aromatic carbocycles. The predicted octanol–water partition coefficient (Wildman–Crippen LogP) is 3.18. The number of carbonyl (C=O) groups excluding carboxylic acids is 1. The Labute approximate surface area is 153 Å². The second-order valence-corrected chi connectivity index (χ2v) is 7.97. The van der Waals surface area contributed by atoms with E-state index in [1.165, 1.54) is 12.1 Å². The minimum Gasteiger partial charge on any atom is -0.489 e. The van der Waals surface area contributed by atoms with Gasteiger partial charge in [0.2, 0.25) is 0 Å². The first kappa shape index (κ1) is 17.8. The lowest BCUT2D eigenvalue weighted by molar-refractivity contribution is -0.385. The number of carbonyl (C=O) groups is 1. The van der Waals surface area contributed by atoms with Gasteiger partial charge in [-0.05, 0) is 36.7 Å². The maximum absolute atomic E-state index is 12.3. The van der Waals surface area contributed by atoms with Crippen molar-refractivity contribution in [2.45, 2.75) is 32.4 Å². The summed E-state index contributed by atoms with van der Waals surface area (Å²) in [6, 6.07) is 2.90. The normalized spacial score (nSPS) is 19.6. The van der Waals surface area contributed by atoms with E-state index < -0.39 is 10.5 Å². The van der Waals surface area contributed by atoms with Crippen LogP contribution in [0.4, 0.5) is 16.2 Å². The maximum atomic E-state index is 12.3. The number of anilines is 1.